The number of ether oxygens (including phenoxy) is 1. The van der Waals surface area contributed by atoms with Gasteiger partial charge in [-0.15, -0.1) is 0 Å². The summed E-state index contributed by atoms with van der Waals surface area (Å²) in [4.78, 5) is 24.4. The molecule has 1 heterocycles. The van der Waals surface area contributed by atoms with Gasteiger partial charge in [-0.05, 0) is 31.0 Å². The van der Waals surface area contributed by atoms with E-state index < -0.39 is 38.8 Å². The number of benzene rings is 1. The highest BCUT2D eigenvalue weighted by Gasteiger charge is 2.43. The molecule has 0 spiro atoms. The highest BCUT2D eigenvalue weighted by molar-refractivity contribution is 7.92. The Morgan fingerprint density at radius 1 is 1.23 bits per heavy atom. The fraction of sp³-hybridized carbons (Fsp3) is 0.368. The lowest BCUT2D eigenvalue weighted by Crippen LogP contribution is -2.49. The van der Waals surface area contributed by atoms with E-state index in [-0.39, 0.29) is 24.3 Å². The van der Waals surface area contributed by atoms with Crippen LogP contribution >= 0.6 is 0 Å². The van der Waals surface area contributed by atoms with Crippen molar-refractivity contribution in [1.82, 2.24) is 10.0 Å². The Labute approximate surface area is 176 Å². The number of carbonyl (C=O) groups is 1. The van der Waals surface area contributed by atoms with E-state index in [0.717, 1.165) is 17.7 Å². The van der Waals surface area contributed by atoms with Crippen molar-refractivity contribution in [3.8, 4) is 16.9 Å². The third-order valence-corrected chi connectivity index (χ3v) is 6.84. The van der Waals surface area contributed by atoms with Gasteiger partial charge in [-0.1, -0.05) is 18.2 Å². The molecule has 0 aliphatic heterocycles. The molecule has 1 amide bonds. The highest BCUT2D eigenvalue weighted by atomic mass is 32.2. The third-order valence-electron chi connectivity index (χ3n) is 4.82. The first-order chi connectivity index (χ1) is 14.3. The van der Waals surface area contributed by atoms with Crippen LogP contribution in [0.15, 0.2) is 47.4 Å². The Bertz CT molecular complexity index is 1110. The van der Waals surface area contributed by atoms with Gasteiger partial charge in [-0.25, -0.2) is 13.9 Å². The zero-order chi connectivity index (χ0) is 23.4. The molecule has 2 aromatic rings. The maximum atomic E-state index is 12.5. The molecular formula is C19H21F3N2O6S. The van der Waals surface area contributed by atoms with Crippen molar-refractivity contribution in [3.63, 3.8) is 0 Å². The number of halogens is 3. The monoisotopic (exact) mass is 462 g/mol. The number of hydrogen-bond donors (Lipinski definition) is 2. The minimum Gasteiger partial charge on any atom is -0.483 e. The molecular weight excluding hydrogens is 441 g/mol. The minimum absolute atomic E-state index is 0.0544. The summed E-state index contributed by atoms with van der Waals surface area (Å²) in [5.41, 5.74) is 1.33. The molecule has 1 unspecified atom stereocenters. The molecule has 0 aliphatic carbocycles. The van der Waals surface area contributed by atoms with Crippen LogP contribution in [0.1, 0.15) is 13.3 Å². The molecule has 170 valence electrons. The van der Waals surface area contributed by atoms with Crippen molar-refractivity contribution < 1.29 is 36.3 Å². The lowest BCUT2D eigenvalue weighted by Gasteiger charge is -2.25. The number of nitrogens with zero attached hydrogens (tertiary/aromatic N) is 1. The normalized spacial score (nSPS) is 14.0. The average Bonchev–Trinajstić information content (AvgIpc) is 2.69. The first-order valence-corrected chi connectivity index (χ1v) is 10.8. The Morgan fingerprint density at radius 3 is 2.42 bits per heavy atom. The van der Waals surface area contributed by atoms with Crippen LogP contribution in [0, 0.1) is 0 Å². The number of amides is 1. The van der Waals surface area contributed by atoms with Gasteiger partial charge in [0.15, 0.2) is 21.2 Å². The van der Waals surface area contributed by atoms with E-state index in [9.17, 15) is 31.2 Å². The first-order valence-electron chi connectivity index (χ1n) is 8.92. The van der Waals surface area contributed by atoms with Gasteiger partial charge in [0.05, 0.1) is 0 Å². The number of rotatable bonds is 8. The summed E-state index contributed by atoms with van der Waals surface area (Å²) >= 11 is 0. The van der Waals surface area contributed by atoms with Crippen molar-refractivity contribution in [2.45, 2.75) is 30.8 Å². The molecule has 2 rings (SSSR count). The Morgan fingerprint density at radius 2 is 1.87 bits per heavy atom. The number of para-hydroxylation sites is 1. The second kappa shape index (κ2) is 9.10. The molecule has 0 aliphatic rings. The summed E-state index contributed by atoms with van der Waals surface area (Å²) in [6.07, 6.45) is -2.66. The van der Waals surface area contributed by atoms with E-state index in [0.29, 0.717) is 5.56 Å². The fourth-order valence-corrected chi connectivity index (χ4v) is 3.61. The zero-order valence-corrected chi connectivity index (χ0v) is 17.5. The number of alkyl halides is 3. The van der Waals surface area contributed by atoms with Crippen LogP contribution in [0.4, 0.5) is 13.2 Å². The number of nitrogens with one attached hydrogen (secondary N) is 1. The fourth-order valence-electron chi connectivity index (χ4n) is 2.77. The number of carbonyl (C=O) groups excluding carboxylic acids is 1. The van der Waals surface area contributed by atoms with Crippen LogP contribution in [0.2, 0.25) is 0 Å². The maximum Gasteiger partial charge on any atom is 0.422 e. The van der Waals surface area contributed by atoms with Crippen molar-refractivity contribution in [2.75, 3.05) is 12.9 Å². The van der Waals surface area contributed by atoms with Crippen molar-refractivity contribution in [3.05, 3.63) is 52.9 Å². The van der Waals surface area contributed by atoms with Gasteiger partial charge in [0, 0.05) is 30.6 Å². The third kappa shape index (κ3) is 5.85. The summed E-state index contributed by atoms with van der Waals surface area (Å²) in [6.45, 7) is -0.526. The molecule has 8 nitrogen and oxygen atoms in total. The molecule has 0 fully saturated rings. The van der Waals surface area contributed by atoms with E-state index in [4.69, 9.17) is 9.94 Å². The number of pyridine rings is 1. The topological polar surface area (TPSA) is 115 Å². The number of aryl methyl sites for hydroxylation is 1. The summed E-state index contributed by atoms with van der Waals surface area (Å²) in [5, 5.41) is 8.85. The predicted molar refractivity (Wildman–Crippen MR) is 105 cm³/mol. The van der Waals surface area contributed by atoms with E-state index in [1.54, 1.807) is 6.07 Å². The molecule has 31 heavy (non-hydrogen) atoms. The van der Waals surface area contributed by atoms with E-state index in [2.05, 4.69) is 0 Å². The summed E-state index contributed by atoms with van der Waals surface area (Å²) in [5.74, 6) is -1.18. The van der Waals surface area contributed by atoms with Crippen LogP contribution in [0.5, 0.6) is 5.75 Å². The van der Waals surface area contributed by atoms with Gasteiger partial charge in [-0.2, -0.15) is 13.2 Å². The molecule has 0 saturated heterocycles. The lowest BCUT2D eigenvalue weighted by atomic mass is 10.0. The highest BCUT2D eigenvalue weighted by Crippen LogP contribution is 2.30. The number of sulfone groups is 1. The molecule has 0 saturated carbocycles. The second-order valence-electron chi connectivity index (χ2n) is 7.04. The van der Waals surface area contributed by atoms with Crippen molar-refractivity contribution in [2.24, 2.45) is 0 Å². The van der Waals surface area contributed by atoms with Gasteiger partial charge in [-0.3, -0.25) is 14.8 Å². The summed E-state index contributed by atoms with van der Waals surface area (Å²) in [6, 6.07) is 8.54. The van der Waals surface area contributed by atoms with Gasteiger partial charge >= 0.3 is 6.18 Å². The maximum absolute atomic E-state index is 12.5. The van der Waals surface area contributed by atoms with Gasteiger partial charge < -0.3 is 9.30 Å². The van der Waals surface area contributed by atoms with Crippen LogP contribution in [-0.4, -0.2) is 47.9 Å². The summed E-state index contributed by atoms with van der Waals surface area (Å²) < 4.78 is 65.5. The van der Waals surface area contributed by atoms with Gasteiger partial charge in [0.1, 0.15) is 5.75 Å². The smallest absolute Gasteiger partial charge is 0.422 e. The van der Waals surface area contributed by atoms with Crippen LogP contribution in [0.25, 0.3) is 11.1 Å². The first kappa shape index (κ1) is 24.4. The quantitative estimate of drug-likeness (QED) is 0.459. The zero-order valence-electron chi connectivity index (χ0n) is 16.6. The van der Waals surface area contributed by atoms with Gasteiger partial charge in [0.25, 0.3) is 11.5 Å². The van der Waals surface area contributed by atoms with E-state index in [1.165, 1.54) is 42.0 Å². The summed E-state index contributed by atoms with van der Waals surface area (Å²) in [7, 11) is -3.93. The van der Waals surface area contributed by atoms with Crippen molar-refractivity contribution >= 4 is 15.7 Å². The Balaban J connectivity index is 2.29. The average molecular weight is 462 g/mol. The standard InChI is InChI=1S/C19H21F3N2O6S/c1-18(17(26)23-27,31(2,28)29)8-10-24-9-7-13(11-16(24)25)14-5-3-4-6-15(14)30-12-19(20,21)22/h3-7,9,11,27H,8,10,12H2,1-2H3,(H,23,26). The Kier molecular flexibility index (Phi) is 7.17. The van der Waals surface area contributed by atoms with E-state index in [1.807, 2.05) is 0 Å². The second-order valence-corrected chi connectivity index (χ2v) is 9.49. The largest absolute Gasteiger partial charge is 0.483 e. The molecule has 1 aromatic heterocycles. The molecule has 0 bridgehead atoms. The number of hydrogen-bond acceptors (Lipinski definition) is 6. The lowest BCUT2D eigenvalue weighted by molar-refractivity contribution is -0.153. The van der Waals surface area contributed by atoms with Crippen LogP contribution in [0.3, 0.4) is 0 Å². The minimum atomic E-state index is -4.52. The molecule has 0 radical (unpaired) electrons. The van der Waals surface area contributed by atoms with Crippen molar-refractivity contribution in [1.29, 1.82) is 0 Å². The van der Waals surface area contributed by atoms with E-state index >= 15 is 0 Å². The molecule has 1 aromatic carbocycles. The van der Waals surface area contributed by atoms with Crippen LogP contribution in [-0.2, 0) is 21.2 Å². The number of aromatic nitrogens is 1. The number of hydroxylamine groups is 1. The van der Waals surface area contributed by atoms with Crippen LogP contribution < -0.4 is 15.8 Å². The predicted octanol–water partition coefficient (Wildman–Crippen LogP) is 2.16. The van der Waals surface area contributed by atoms with Gasteiger partial charge in [0.2, 0.25) is 0 Å². The molecule has 2 N–H and O–H groups in total. The molecule has 1 atom stereocenters. The molecule has 12 heteroatoms. The Hall–Kier alpha value is -2.86. The SMILES string of the molecule is CC(CCn1ccc(-c2ccccc2OCC(F)(F)F)cc1=O)(C(=O)NO)S(C)(=O)=O.